The van der Waals surface area contributed by atoms with E-state index in [0.717, 1.165) is 5.56 Å². The molecule has 0 N–H and O–H groups in total. The molecule has 5 aromatic rings. The van der Waals surface area contributed by atoms with Gasteiger partial charge in [-0.25, -0.2) is 4.79 Å². The number of benzene rings is 4. The topological polar surface area (TPSA) is 84.2 Å². The maximum absolute atomic E-state index is 13.3. The highest BCUT2D eigenvalue weighted by Crippen LogP contribution is 2.31. The number of aryl methyl sites for hydroxylation is 1. The Morgan fingerprint density at radius 3 is 2.39 bits per heavy atom. The molecule has 0 saturated carbocycles. The van der Waals surface area contributed by atoms with E-state index >= 15 is 0 Å². The number of carbonyl (C=O) groups excluding carboxylic acids is 2. The lowest BCUT2D eigenvalue weighted by Gasteiger charge is -2.08. The van der Waals surface area contributed by atoms with E-state index in [9.17, 15) is 9.59 Å². The van der Waals surface area contributed by atoms with Gasteiger partial charge in [0.2, 0.25) is 0 Å². The summed E-state index contributed by atoms with van der Waals surface area (Å²) in [5.41, 5.74) is 2.97. The molecule has 41 heavy (non-hydrogen) atoms. The fraction of sp³-hybridized carbons (Fsp3) is 0.118. The van der Waals surface area contributed by atoms with Gasteiger partial charge in [-0.05, 0) is 72.7 Å². The van der Waals surface area contributed by atoms with Crippen LogP contribution in [-0.2, 0) is 6.61 Å². The second-order valence-corrected chi connectivity index (χ2v) is 9.19. The van der Waals surface area contributed by atoms with Gasteiger partial charge < -0.3 is 23.4 Å². The van der Waals surface area contributed by atoms with E-state index in [4.69, 9.17) is 23.4 Å². The Morgan fingerprint density at radius 2 is 1.61 bits per heavy atom. The zero-order chi connectivity index (χ0) is 28.8. The SMILES string of the molecule is COc1ccc(OC)c(C(=O)/C=C/c2cccc(OC(=O)c3c(C)oc4ccc(OCc5ccccc5)cc34)c2)c1. The minimum atomic E-state index is -0.556. The Kier molecular flexibility index (Phi) is 8.15. The van der Waals surface area contributed by atoms with Crippen molar-refractivity contribution in [1.29, 1.82) is 0 Å². The Labute approximate surface area is 237 Å². The molecule has 1 heterocycles. The van der Waals surface area contributed by atoms with Crippen LogP contribution in [0, 0.1) is 6.92 Å². The number of esters is 1. The number of fused-ring (bicyclic) bond motifs is 1. The van der Waals surface area contributed by atoms with Crippen molar-refractivity contribution < 1.29 is 33.0 Å². The second-order valence-electron chi connectivity index (χ2n) is 9.19. The van der Waals surface area contributed by atoms with Gasteiger partial charge in [0.05, 0.1) is 19.8 Å². The van der Waals surface area contributed by atoms with Gasteiger partial charge in [-0.2, -0.15) is 0 Å². The minimum Gasteiger partial charge on any atom is -0.497 e. The summed E-state index contributed by atoms with van der Waals surface area (Å²) < 4.78 is 28.0. The molecule has 0 atom stereocenters. The predicted molar refractivity (Wildman–Crippen MR) is 156 cm³/mol. The number of hydrogen-bond donors (Lipinski definition) is 0. The van der Waals surface area contributed by atoms with Gasteiger partial charge in [-0.1, -0.05) is 48.5 Å². The van der Waals surface area contributed by atoms with Crippen LogP contribution < -0.4 is 18.9 Å². The summed E-state index contributed by atoms with van der Waals surface area (Å²) in [6, 6.07) is 27.1. The van der Waals surface area contributed by atoms with Crippen molar-refractivity contribution in [2.24, 2.45) is 0 Å². The van der Waals surface area contributed by atoms with Crippen molar-refractivity contribution in [2.75, 3.05) is 14.2 Å². The normalized spacial score (nSPS) is 11.0. The molecule has 0 saturated heterocycles. The highest BCUT2D eigenvalue weighted by Gasteiger charge is 2.21. The minimum absolute atomic E-state index is 0.256. The standard InChI is InChI=1S/C34H28O7/c1-22-33(29-20-26(14-17-32(29)40-22)39-21-24-8-5-4-6-9-24)34(36)41-27-11-7-10-23(18-27)12-15-30(35)28-19-25(37-2)13-16-31(28)38-3/h4-20H,21H2,1-3H3/b15-12+. The molecular weight excluding hydrogens is 520 g/mol. The molecule has 0 aliphatic carbocycles. The fourth-order valence-corrected chi connectivity index (χ4v) is 4.39. The van der Waals surface area contributed by atoms with Gasteiger partial charge in [0.15, 0.2) is 5.78 Å². The quantitative estimate of drug-likeness (QED) is 0.0775. The van der Waals surface area contributed by atoms with Crippen molar-refractivity contribution in [3.05, 3.63) is 125 Å². The van der Waals surface area contributed by atoms with E-state index < -0.39 is 5.97 Å². The van der Waals surface area contributed by atoms with Gasteiger partial charge >= 0.3 is 5.97 Å². The first-order valence-corrected chi connectivity index (χ1v) is 12.9. The highest BCUT2D eigenvalue weighted by molar-refractivity contribution is 6.09. The van der Waals surface area contributed by atoms with Gasteiger partial charge in [0.25, 0.3) is 0 Å². The fourth-order valence-electron chi connectivity index (χ4n) is 4.39. The number of furan rings is 1. The molecule has 0 spiro atoms. The van der Waals surface area contributed by atoms with Crippen molar-refractivity contribution >= 4 is 28.8 Å². The lowest BCUT2D eigenvalue weighted by molar-refractivity contribution is 0.0734. The third-order valence-corrected chi connectivity index (χ3v) is 6.46. The first-order chi connectivity index (χ1) is 19.9. The lowest BCUT2D eigenvalue weighted by Crippen LogP contribution is -2.09. The van der Waals surface area contributed by atoms with Crippen LogP contribution in [0.15, 0.2) is 101 Å². The maximum atomic E-state index is 13.3. The molecule has 0 aliphatic heterocycles. The molecule has 7 heteroatoms. The Hall–Kier alpha value is -5.30. The Bertz CT molecular complexity index is 1730. The average molecular weight is 549 g/mol. The molecule has 1 aromatic heterocycles. The number of allylic oxidation sites excluding steroid dienone is 1. The maximum Gasteiger partial charge on any atom is 0.347 e. The Morgan fingerprint density at radius 1 is 0.805 bits per heavy atom. The van der Waals surface area contributed by atoms with Crippen molar-refractivity contribution in [3.8, 4) is 23.0 Å². The third-order valence-electron chi connectivity index (χ3n) is 6.46. The first kappa shape index (κ1) is 27.3. The van der Waals surface area contributed by atoms with E-state index in [1.165, 1.54) is 20.3 Å². The van der Waals surface area contributed by atoms with Crippen LogP contribution >= 0.6 is 0 Å². The van der Waals surface area contributed by atoms with Crippen LogP contribution in [-0.4, -0.2) is 26.0 Å². The Balaban J connectivity index is 1.32. The summed E-state index contributed by atoms with van der Waals surface area (Å²) in [5, 5.41) is 0.604. The van der Waals surface area contributed by atoms with Crippen molar-refractivity contribution in [2.45, 2.75) is 13.5 Å². The molecule has 206 valence electrons. The second kappa shape index (κ2) is 12.3. The number of rotatable bonds is 10. The van der Waals surface area contributed by atoms with E-state index in [2.05, 4.69) is 0 Å². The molecule has 0 fully saturated rings. The van der Waals surface area contributed by atoms with E-state index in [1.54, 1.807) is 67.6 Å². The van der Waals surface area contributed by atoms with Gasteiger partial charge in [-0.15, -0.1) is 0 Å². The number of ether oxygens (including phenoxy) is 4. The summed E-state index contributed by atoms with van der Waals surface area (Å²) in [4.78, 5) is 26.1. The summed E-state index contributed by atoms with van der Waals surface area (Å²) in [6.45, 7) is 2.12. The molecule has 7 nitrogen and oxygen atoms in total. The van der Waals surface area contributed by atoms with Crippen molar-refractivity contribution in [1.82, 2.24) is 0 Å². The number of hydrogen-bond acceptors (Lipinski definition) is 7. The van der Waals surface area contributed by atoms with Crippen LogP contribution in [0.3, 0.4) is 0 Å². The third kappa shape index (κ3) is 6.31. The lowest BCUT2D eigenvalue weighted by atomic mass is 10.1. The molecule has 4 aromatic carbocycles. The molecule has 0 amide bonds. The zero-order valence-corrected chi connectivity index (χ0v) is 22.9. The monoisotopic (exact) mass is 548 g/mol. The first-order valence-electron chi connectivity index (χ1n) is 12.9. The highest BCUT2D eigenvalue weighted by atomic mass is 16.5. The molecule has 5 rings (SSSR count). The zero-order valence-electron chi connectivity index (χ0n) is 22.9. The number of methoxy groups -OCH3 is 2. The molecule has 0 radical (unpaired) electrons. The van der Waals surface area contributed by atoms with Crippen LogP contribution in [0.25, 0.3) is 17.0 Å². The van der Waals surface area contributed by atoms with Gasteiger partial charge in [0, 0.05) is 5.39 Å². The molecule has 0 aliphatic rings. The van der Waals surface area contributed by atoms with Crippen molar-refractivity contribution in [3.63, 3.8) is 0 Å². The molecular formula is C34H28O7. The number of ketones is 1. The summed E-state index contributed by atoms with van der Waals surface area (Å²) in [5.74, 6) is 1.56. The molecule has 0 unspecified atom stereocenters. The van der Waals surface area contributed by atoms with Gasteiger partial charge in [-0.3, -0.25) is 4.79 Å². The van der Waals surface area contributed by atoms with E-state index in [0.29, 0.717) is 63.0 Å². The van der Waals surface area contributed by atoms with Crippen LogP contribution in [0.4, 0.5) is 0 Å². The predicted octanol–water partition coefficient (Wildman–Crippen LogP) is 7.45. The molecule has 0 bridgehead atoms. The summed E-state index contributed by atoms with van der Waals surface area (Å²) >= 11 is 0. The number of carbonyl (C=O) groups is 2. The van der Waals surface area contributed by atoms with Crippen LogP contribution in [0.2, 0.25) is 0 Å². The largest absolute Gasteiger partial charge is 0.497 e. The van der Waals surface area contributed by atoms with E-state index in [1.807, 2.05) is 36.4 Å². The summed E-state index contributed by atoms with van der Waals surface area (Å²) in [6.07, 6.45) is 3.08. The summed E-state index contributed by atoms with van der Waals surface area (Å²) in [7, 11) is 3.04. The van der Waals surface area contributed by atoms with E-state index in [-0.39, 0.29) is 5.78 Å². The average Bonchev–Trinajstić information content (AvgIpc) is 3.34. The van der Waals surface area contributed by atoms with Crippen LogP contribution in [0.5, 0.6) is 23.0 Å². The smallest absolute Gasteiger partial charge is 0.347 e. The van der Waals surface area contributed by atoms with Gasteiger partial charge in [0.1, 0.15) is 46.5 Å². The van der Waals surface area contributed by atoms with Crippen LogP contribution in [0.1, 0.15) is 37.6 Å².